The number of amides is 3. The van der Waals surface area contributed by atoms with Crippen LogP contribution < -0.4 is 11.1 Å². The van der Waals surface area contributed by atoms with Gasteiger partial charge in [0.15, 0.2) is 0 Å². The molecule has 1 aliphatic heterocycles. The lowest BCUT2D eigenvalue weighted by molar-refractivity contribution is -0.139. The van der Waals surface area contributed by atoms with Crippen LogP contribution in [0.25, 0.3) is 0 Å². The first kappa shape index (κ1) is 23.4. The van der Waals surface area contributed by atoms with Gasteiger partial charge >= 0.3 is 0 Å². The predicted molar refractivity (Wildman–Crippen MR) is 105 cm³/mol. The van der Waals surface area contributed by atoms with E-state index in [1.807, 2.05) is 13.8 Å². The summed E-state index contributed by atoms with van der Waals surface area (Å²) in [5, 5.41) is 12.4. The maximum Gasteiger partial charge on any atom is 0.245 e. The Morgan fingerprint density at radius 3 is 2.52 bits per heavy atom. The van der Waals surface area contributed by atoms with Gasteiger partial charge in [-0.2, -0.15) is 0 Å². The summed E-state index contributed by atoms with van der Waals surface area (Å²) in [7, 11) is 0. The first-order chi connectivity index (χ1) is 12.8. The van der Waals surface area contributed by atoms with Gasteiger partial charge in [-0.1, -0.05) is 40.0 Å². The topological polar surface area (TPSA) is 113 Å². The van der Waals surface area contributed by atoms with E-state index in [0.29, 0.717) is 19.4 Å². The molecule has 1 fully saturated rings. The fraction of sp³-hybridized carbons (Fsp3) is 0.850. The second-order valence-corrected chi connectivity index (χ2v) is 8.06. The SMILES string of the molecule is CCCCC[C@@H](CC(N)=O)C(=O)N[C@@H](CC(C)C)C(=O)N1CCC[C@H]1CO. The van der Waals surface area contributed by atoms with Gasteiger partial charge in [0.25, 0.3) is 0 Å². The zero-order valence-electron chi connectivity index (χ0n) is 17.1. The predicted octanol–water partition coefficient (Wildman–Crippen LogP) is 1.57. The third-order valence-corrected chi connectivity index (χ3v) is 5.17. The van der Waals surface area contributed by atoms with Crippen LogP contribution in [0.4, 0.5) is 0 Å². The number of aliphatic hydroxyl groups is 1. The summed E-state index contributed by atoms with van der Waals surface area (Å²) in [5.41, 5.74) is 5.32. The van der Waals surface area contributed by atoms with Crippen molar-refractivity contribution in [3.63, 3.8) is 0 Å². The van der Waals surface area contributed by atoms with E-state index in [-0.39, 0.29) is 36.8 Å². The van der Waals surface area contributed by atoms with Crippen LogP contribution in [0, 0.1) is 11.8 Å². The molecule has 1 rings (SSSR count). The number of carbonyl (C=O) groups excluding carboxylic acids is 3. The molecule has 0 radical (unpaired) electrons. The summed E-state index contributed by atoms with van der Waals surface area (Å²) >= 11 is 0. The van der Waals surface area contributed by atoms with E-state index < -0.39 is 17.9 Å². The summed E-state index contributed by atoms with van der Waals surface area (Å²) in [6, 6.07) is -0.804. The lowest BCUT2D eigenvalue weighted by Crippen LogP contribution is -2.52. The lowest BCUT2D eigenvalue weighted by atomic mass is 9.95. The van der Waals surface area contributed by atoms with Crippen molar-refractivity contribution < 1.29 is 19.5 Å². The van der Waals surface area contributed by atoms with Crippen LogP contribution in [0.5, 0.6) is 0 Å². The normalized spacial score (nSPS) is 19.1. The average Bonchev–Trinajstić information content (AvgIpc) is 3.07. The van der Waals surface area contributed by atoms with Gasteiger partial charge in [0, 0.05) is 18.9 Å². The van der Waals surface area contributed by atoms with E-state index in [1.165, 1.54) is 0 Å². The third-order valence-electron chi connectivity index (χ3n) is 5.17. The lowest BCUT2D eigenvalue weighted by Gasteiger charge is -2.30. The molecule has 156 valence electrons. The highest BCUT2D eigenvalue weighted by Crippen LogP contribution is 2.21. The zero-order valence-corrected chi connectivity index (χ0v) is 17.1. The van der Waals surface area contributed by atoms with Gasteiger partial charge in [-0.25, -0.2) is 0 Å². The minimum absolute atomic E-state index is 0.00111. The smallest absolute Gasteiger partial charge is 0.245 e. The second kappa shape index (κ2) is 12.0. The highest BCUT2D eigenvalue weighted by molar-refractivity contribution is 5.90. The van der Waals surface area contributed by atoms with E-state index in [0.717, 1.165) is 32.1 Å². The molecule has 3 atom stereocenters. The van der Waals surface area contributed by atoms with E-state index in [1.54, 1.807) is 4.90 Å². The number of carbonyl (C=O) groups is 3. The maximum atomic E-state index is 13.0. The standard InChI is InChI=1S/C20H37N3O4/c1-4-5-6-8-15(12-18(21)25)19(26)22-17(11-14(2)3)20(27)23-10-7-9-16(23)13-24/h14-17,24H,4-13H2,1-3H3,(H2,21,25)(H,22,26)/t15-,16-,17-/m0/s1. The Hall–Kier alpha value is -1.63. The van der Waals surface area contributed by atoms with Crippen LogP contribution in [0.3, 0.4) is 0 Å². The molecule has 0 aliphatic carbocycles. The fourth-order valence-electron chi connectivity index (χ4n) is 3.71. The van der Waals surface area contributed by atoms with Crippen molar-refractivity contribution in [3.05, 3.63) is 0 Å². The maximum absolute atomic E-state index is 13.0. The van der Waals surface area contributed by atoms with Crippen molar-refractivity contribution in [2.75, 3.05) is 13.2 Å². The molecule has 0 unspecified atom stereocenters. The number of aliphatic hydroxyl groups excluding tert-OH is 1. The molecule has 1 saturated heterocycles. The highest BCUT2D eigenvalue weighted by Gasteiger charge is 2.34. The molecule has 3 amide bonds. The van der Waals surface area contributed by atoms with Gasteiger partial charge in [0.2, 0.25) is 17.7 Å². The minimum Gasteiger partial charge on any atom is -0.394 e. The number of hydrogen-bond acceptors (Lipinski definition) is 4. The summed E-state index contributed by atoms with van der Waals surface area (Å²) in [6.07, 6.45) is 5.63. The van der Waals surface area contributed by atoms with Crippen molar-refractivity contribution in [2.24, 2.45) is 17.6 Å². The van der Waals surface area contributed by atoms with Crippen molar-refractivity contribution >= 4 is 17.7 Å². The van der Waals surface area contributed by atoms with Crippen LogP contribution in [0.15, 0.2) is 0 Å². The Morgan fingerprint density at radius 2 is 1.96 bits per heavy atom. The molecule has 0 bridgehead atoms. The van der Waals surface area contributed by atoms with Crippen LogP contribution in [-0.2, 0) is 14.4 Å². The molecule has 0 aromatic carbocycles. The summed E-state index contributed by atoms with van der Waals surface area (Å²) in [6.45, 7) is 6.63. The molecule has 0 aromatic heterocycles. The Labute approximate surface area is 163 Å². The number of hydrogen-bond donors (Lipinski definition) is 3. The van der Waals surface area contributed by atoms with Crippen LogP contribution in [0.2, 0.25) is 0 Å². The van der Waals surface area contributed by atoms with Crippen molar-refractivity contribution in [1.82, 2.24) is 10.2 Å². The molecule has 0 aromatic rings. The molecule has 1 heterocycles. The van der Waals surface area contributed by atoms with E-state index in [2.05, 4.69) is 12.2 Å². The first-order valence-electron chi connectivity index (χ1n) is 10.3. The molecule has 7 nitrogen and oxygen atoms in total. The van der Waals surface area contributed by atoms with Crippen molar-refractivity contribution in [3.8, 4) is 0 Å². The average molecular weight is 384 g/mol. The quantitative estimate of drug-likeness (QED) is 0.444. The number of nitrogens with zero attached hydrogens (tertiary/aromatic N) is 1. The number of nitrogens with one attached hydrogen (secondary N) is 1. The zero-order chi connectivity index (χ0) is 20.4. The largest absolute Gasteiger partial charge is 0.394 e. The molecular formula is C20H37N3O4. The summed E-state index contributed by atoms with van der Waals surface area (Å²) in [4.78, 5) is 38.9. The molecule has 4 N–H and O–H groups in total. The van der Waals surface area contributed by atoms with Crippen molar-refractivity contribution in [1.29, 1.82) is 0 Å². The second-order valence-electron chi connectivity index (χ2n) is 8.06. The van der Waals surface area contributed by atoms with Crippen LogP contribution in [-0.4, -0.2) is 53.0 Å². The fourth-order valence-corrected chi connectivity index (χ4v) is 3.71. The number of nitrogens with two attached hydrogens (primary N) is 1. The minimum atomic E-state index is -0.633. The molecule has 7 heteroatoms. The highest BCUT2D eigenvalue weighted by atomic mass is 16.3. The van der Waals surface area contributed by atoms with Gasteiger partial charge in [-0.3, -0.25) is 14.4 Å². The van der Waals surface area contributed by atoms with E-state index in [9.17, 15) is 19.5 Å². The van der Waals surface area contributed by atoms with Gasteiger partial charge < -0.3 is 21.1 Å². The first-order valence-corrected chi connectivity index (χ1v) is 10.3. The third kappa shape index (κ3) is 7.87. The summed E-state index contributed by atoms with van der Waals surface area (Å²) < 4.78 is 0. The van der Waals surface area contributed by atoms with E-state index in [4.69, 9.17) is 5.73 Å². The summed E-state index contributed by atoms with van der Waals surface area (Å²) in [5.74, 6) is -1.19. The Morgan fingerprint density at radius 1 is 1.26 bits per heavy atom. The van der Waals surface area contributed by atoms with Crippen molar-refractivity contribution in [2.45, 2.75) is 84.2 Å². The molecular weight excluding hydrogens is 346 g/mol. The van der Waals surface area contributed by atoms with Gasteiger partial charge in [-0.15, -0.1) is 0 Å². The van der Waals surface area contributed by atoms with Gasteiger partial charge in [0.1, 0.15) is 6.04 Å². The Kier molecular flexibility index (Phi) is 10.4. The Bertz CT molecular complexity index is 496. The molecule has 0 saturated carbocycles. The molecule has 27 heavy (non-hydrogen) atoms. The van der Waals surface area contributed by atoms with Crippen LogP contribution in [0.1, 0.15) is 72.1 Å². The van der Waals surface area contributed by atoms with E-state index >= 15 is 0 Å². The number of likely N-dealkylation sites (tertiary alicyclic amines) is 1. The van der Waals surface area contributed by atoms with Gasteiger partial charge in [-0.05, 0) is 31.6 Å². The van der Waals surface area contributed by atoms with Gasteiger partial charge in [0.05, 0.1) is 12.6 Å². The monoisotopic (exact) mass is 383 g/mol. The van der Waals surface area contributed by atoms with Crippen LogP contribution >= 0.6 is 0 Å². The molecule has 0 spiro atoms. The Balaban J connectivity index is 2.83. The molecule has 1 aliphatic rings. The number of unbranched alkanes of at least 4 members (excludes halogenated alkanes) is 2. The number of rotatable bonds is 12. The number of primary amides is 1.